The number of carbonyl (C=O) groups excluding carboxylic acids is 2. The maximum Gasteiger partial charge on any atom is 0.323 e. The third kappa shape index (κ3) is 4.64. The van der Waals surface area contributed by atoms with E-state index in [0.29, 0.717) is 22.8 Å². The maximum atomic E-state index is 13.9. The Morgan fingerprint density at radius 3 is 2.77 bits per heavy atom. The molecule has 1 aliphatic rings. The number of rotatable bonds is 6. The van der Waals surface area contributed by atoms with Gasteiger partial charge in [0, 0.05) is 24.2 Å². The highest BCUT2D eigenvalue weighted by Crippen LogP contribution is 2.37. The molecule has 0 atom stereocenters. The molecule has 1 fully saturated rings. The summed E-state index contributed by atoms with van der Waals surface area (Å²) in [4.78, 5) is 30.4. The maximum absolute atomic E-state index is 13.9. The van der Waals surface area contributed by atoms with Crippen molar-refractivity contribution in [2.24, 2.45) is 7.05 Å². The van der Waals surface area contributed by atoms with E-state index in [4.69, 9.17) is 14.1 Å². The lowest BCUT2D eigenvalue weighted by Crippen LogP contribution is -2.61. The number of ether oxygens (including phenoxy) is 1. The van der Waals surface area contributed by atoms with Gasteiger partial charge in [0.15, 0.2) is 23.1 Å². The number of urea groups is 1. The predicted molar refractivity (Wildman–Crippen MR) is 122 cm³/mol. The molecule has 1 saturated heterocycles. The number of nitriles is 1. The second-order valence-electron chi connectivity index (χ2n) is 7.56. The number of benzene rings is 1. The second-order valence-corrected chi connectivity index (χ2v) is 7.56. The fraction of sp³-hybridized carbons (Fsp3) is 0.286. The number of aromatic nitrogens is 5. The van der Waals surface area contributed by atoms with Crippen LogP contribution < -0.4 is 20.7 Å². The van der Waals surface area contributed by atoms with Crippen LogP contribution in [-0.4, -0.2) is 74.6 Å². The summed E-state index contributed by atoms with van der Waals surface area (Å²) in [6.07, 6.45) is 1.51. The highest BCUT2D eigenvalue weighted by Gasteiger charge is 2.46. The predicted octanol–water partition coefficient (Wildman–Crippen LogP) is 1.46. The molecule has 0 aliphatic carbocycles. The molecule has 3 N–H and O–H groups in total. The lowest BCUT2D eigenvalue weighted by Gasteiger charge is -2.39. The highest BCUT2D eigenvalue weighted by molar-refractivity contribution is 5.99. The molecule has 14 heteroatoms. The number of hydrogen-bond acceptors (Lipinski definition) is 9. The van der Waals surface area contributed by atoms with E-state index in [1.807, 2.05) is 5.32 Å². The van der Waals surface area contributed by atoms with Crippen LogP contribution in [0.3, 0.4) is 0 Å². The summed E-state index contributed by atoms with van der Waals surface area (Å²) in [5, 5.41) is 27.9. The minimum Gasteiger partial charge on any atom is -0.494 e. The first kappa shape index (κ1) is 19.6. The van der Waals surface area contributed by atoms with E-state index in [-0.39, 0.29) is 11.5 Å². The second kappa shape index (κ2) is 9.21. The van der Waals surface area contributed by atoms with Crippen LogP contribution >= 0.6 is 0 Å². The third-order valence-electron chi connectivity index (χ3n) is 5.06. The standard InChI is InChI=1S/C21H21FN10O3/c1-24-19(33)16-14(7-15(28-29-16)27-20(34)32-9-21(22,8-23)10-32)26-13-6-4-5-12(17(13)35-3)18-25-11-31(2)30-18/h4-7,11H,9-10H2,1-3H3,(H,24,33)(H2,26,27,28,34)/i1D3. The van der Waals surface area contributed by atoms with Gasteiger partial charge in [0.05, 0.1) is 37.1 Å². The molecule has 35 heavy (non-hydrogen) atoms. The van der Waals surface area contributed by atoms with E-state index < -0.39 is 43.4 Å². The topological polar surface area (TPSA) is 163 Å². The van der Waals surface area contributed by atoms with Gasteiger partial charge in [0.2, 0.25) is 5.67 Å². The molecular weight excluding hydrogens is 459 g/mol. The van der Waals surface area contributed by atoms with Gasteiger partial charge in [-0.15, -0.1) is 10.2 Å². The molecular formula is C21H21FN10O3. The van der Waals surface area contributed by atoms with Crippen LogP contribution in [0.2, 0.25) is 0 Å². The Morgan fingerprint density at radius 2 is 2.11 bits per heavy atom. The molecule has 0 radical (unpaired) electrons. The number of anilines is 3. The zero-order valence-corrected chi connectivity index (χ0v) is 18.5. The zero-order valence-electron chi connectivity index (χ0n) is 21.5. The van der Waals surface area contributed by atoms with E-state index in [2.05, 4.69) is 30.9 Å². The SMILES string of the molecule is [2H]C([2H])([2H])NC(=O)c1nnc(NC(=O)N2CC(F)(C#N)C2)cc1Nc1cccc(-c2ncn(C)n2)c1OC. The first-order valence-corrected chi connectivity index (χ1v) is 10.1. The fourth-order valence-corrected chi connectivity index (χ4v) is 3.38. The number of amides is 3. The number of alkyl halides is 1. The van der Waals surface area contributed by atoms with Gasteiger partial charge in [0.1, 0.15) is 12.4 Å². The summed E-state index contributed by atoms with van der Waals surface area (Å²) < 4.78 is 42.9. The monoisotopic (exact) mass is 483 g/mol. The number of nitrogens with one attached hydrogen (secondary N) is 3. The minimum atomic E-state index is -2.80. The van der Waals surface area contributed by atoms with Crippen LogP contribution in [0, 0.1) is 11.3 Å². The Hall–Kier alpha value is -4.80. The molecule has 2 aromatic heterocycles. The van der Waals surface area contributed by atoms with Crippen molar-refractivity contribution in [1.29, 1.82) is 5.26 Å². The molecule has 0 bridgehead atoms. The summed E-state index contributed by atoms with van der Waals surface area (Å²) in [5.74, 6) is -0.513. The Kier molecular flexibility index (Phi) is 5.17. The van der Waals surface area contributed by atoms with Crippen molar-refractivity contribution in [3.8, 4) is 23.2 Å². The van der Waals surface area contributed by atoms with Gasteiger partial charge in [-0.05, 0) is 12.1 Å². The van der Waals surface area contributed by atoms with Gasteiger partial charge in [-0.3, -0.25) is 14.8 Å². The minimum absolute atomic E-state index is 0.0260. The quantitative estimate of drug-likeness (QED) is 0.471. The molecule has 3 amide bonds. The highest BCUT2D eigenvalue weighted by atomic mass is 19.1. The number of para-hydroxylation sites is 1. The first-order valence-electron chi connectivity index (χ1n) is 11.6. The van der Waals surface area contributed by atoms with Crippen LogP contribution in [-0.2, 0) is 7.05 Å². The van der Waals surface area contributed by atoms with Crippen LogP contribution in [0.15, 0.2) is 30.6 Å². The molecule has 0 unspecified atom stereocenters. The van der Waals surface area contributed by atoms with E-state index in [9.17, 15) is 14.0 Å². The van der Waals surface area contributed by atoms with Gasteiger partial charge >= 0.3 is 6.03 Å². The molecule has 4 rings (SSSR count). The van der Waals surface area contributed by atoms with Crippen molar-refractivity contribution in [3.63, 3.8) is 0 Å². The molecule has 13 nitrogen and oxygen atoms in total. The lowest BCUT2D eigenvalue weighted by molar-refractivity contribution is 0.0442. The van der Waals surface area contributed by atoms with Crippen molar-refractivity contribution in [2.75, 3.05) is 37.8 Å². The van der Waals surface area contributed by atoms with Crippen LogP contribution in [0.5, 0.6) is 5.75 Å². The third-order valence-corrected chi connectivity index (χ3v) is 5.06. The van der Waals surface area contributed by atoms with Crippen molar-refractivity contribution in [1.82, 2.24) is 35.2 Å². The Morgan fingerprint density at radius 1 is 1.31 bits per heavy atom. The van der Waals surface area contributed by atoms with E-state index in [0.717, 1.165) is 4.90 Å². The van der Waals surface area contributed by atoms with Gasteiger partial charge in [-0.1, -0.05) is 6.07 Å². The number of aryl methyl sites for hydroxylation is 1. The summed E-state index contributed by atoms with van der Waals surface area (Å²) in [6, 6.07) is 7.02. The first-order chi connectivity index (χ1) is 17.9. The zero-order chi connectivity index (χ0) is 27.7. The Balaban J connectivity index is 1.67. The van der Waals surface area contributed by atoms with Crippen molar-refractivity contribution >= 4 is 29.1 Å². The van der Waals surface area contributed by atoms with Crippen LogP contribution in [0.4, 0.5) is 26.4 Å². The molecule has 0 saturated carbocycles. The van der Waals surface area contributed by atoms with Crippen molar-refractivity contribution in [3.05, 3.63) is 36.3 Å². The molecule has 0 spiro atoms. The normalized spacial score (nSPS) is 15.5. The van der Waals surface area contributed by atoms with Crippen molar-refractivity contribution in [2.45, 2.75) is 5.67 Å². The van der Waals surface area contributed by atoms with E-state index in [1.165, 1.54) is 30.3 Å². The Labute approximate surface area is 203 Å². The van der Waals surface area contributed by atoms with Gasteiger partial charge < -0.3 is 20.3 Å². The number of carbonyl (C=O) groups is 2. The Bertz CT molecular complexity index is 1430. The summed E-state index contributed by atoms with van der Waals surface area (Å²) in [6.45, 7) is -3.64. The fourth-order valence-electron chi connectivity index (χ4n) is 3.38. The smallest absolute Gasteiger partial charge is 0.323 e. The van der Waals surface area contributed by atoms with Crippen LogP contribution in [0.1, 0.15) is 14.6 Å². The van der Waals surface area contributed by atoms with Gasteiger partial charge in [-0.25, -0.2) is 14.2 Å². The average molecular weight is 483 g/mol. The van der Waals surface area contributed by atoms with E-state index >= 15 is 0 Å². The lowest BCUT2D eigenvalue weighted by atomic mass is 9.99. The van der Waals surface area contributed by atoms with Gasteiger partial charge in [-0.2, -0.15) is 10.4 Å². The number of halogens is 1. The number of hydrogen-bond donors (Lipinski definition) is 3. The van der Waals surface area contributed by atoms with Crippen molar-refractivity contribution < 1.29 is 22.8 Å². The molecule has 180 valence electrons. The average Bonchev–Trinajstić information content (AvgIpc) is 3.26. The van der Waals surface area contributed by atoms with Gasteiger partial charge in [0.25, 0.3) is 5.91 Å². The number of methoxy groups -OCH3 is 1. The number of likely N-dealkylation sites (tertiary alicyclic amines) is 1. The largest absolute Gasteiger partial charge is 0.494 e. The summed E-state index contributed by atoms with van der Waals surface area (Å²) in [5.41, 5.74) is -1.67. The summed E-state index contributed by atoms with van der Waals surface area (Å²) in [7, 11) is 3.12. The molecule has 3 heterocycles. The van der Waals surface area contributed by atoms with Crippen LogP contribution in [0.25, 0.3) is 11.4 Å². The summed E-state index contributed by atoms with van der Waals surface area (Å²) >= 11 is 0. The number of nitrogens with zero attached hydrogens (tertiary/aromatic N) is 7. The molecule has 1 aromatic carbocycles. The van der Waals surface area contributed by atoms with E-state index in [1.54, 1.807) is 25.2 Å². The molecule has 1 aliphatic heterocycles. The molecule has 3 aromatic rings.